The third-order valence-electron chi connectivity index (χ3n) is 11.7. The van der Waals surface area contributed by atoms with Gasteiger partial charge >= 0.3 is 11.9 Å². The van der Waals surface area contributed by atoms with E-state index in [9.17, 15) is 19.0 Å². The maximum absolute atomic E-state index is 12.8. The topological polar surface area (TPSA) is 111 Å². The van der Waals surface area contributed by atoms with Gasteiger partial charge in [-0.15, -0.1) is 0 Å². The Morgan fingerprint density at radius 2 is 0.705 bits per heavy atom. The predicted molar refractivity (Wildman–Crippen MR) is 332 cm³/mol. The predicted octanol–water partition coefficient (Wildman–Crippen LogP) is 18.4. The molecule has 0 aromatic rings. The van der Waals surface area contributed by atoms with Crippen molar-refractivity contribution < 1.29 is 42.1 Å². The lowest BCUT2D eigenvalue weighted by Gasteiger charge is -2.28. The lowest BCUT2D eigenvalue weighted by molar-refractivity contribution is -0.870. The average molecular weight is 1100 g/mol. The number of likely N-dealkylation sites (N-methyl/N-ethyl adjacent to an activating group) is 1. The van der Waals surface area contributed by atoms with Crippen LogP contribution in [0.2, 0.25) is 0 Å². The minimum Gasteiger partial charge on any atom is -0.756 e. The smallest absolute Gasteiger partial charge is 0.306 e. The Morgan fingerprint density at radius 1 is 0.397 bits per heavy atom. The van der Waals surface area contributed by atoms with Crippen molar-refractivity contribution in [3.63, 3.8) is 0 Å². The molecule has 0 rings (SSSR count). The van der Waals surface area contributed by atoms with Crippen LogP contribution in [0.15, 0.2) is 170 Å². The number of phosphoric acid groups is 1. The molecular weight excluding hydrogens is 990 g/mol. The highest BCUT2D eigenvalue weighted by Gasteiger charge is 2.21. The van der Waals surface area contributed by atoms with Crippen LogP contribution < -0.4 is 4.89 Å². The number of carbonyl (C=O) groups is 2. The van der Waals surface area contributed by atoms with Crippen LogP contribution in [0.4, 0.5) is 0 Å². The van der Waals surface area contributed by atoms with Crippen LogP contribution in [0, 0.1) is 0 Å². The van der Waals surface area contributed by atoms with E-state index < -0.39 is 32.5 Å². The van der Waals surface area contributed by atoms with Gasteiger partial charge < -0.3 is 27.9 Å². The molecule has 2 unspecified atom stereocenters. The molecule has 0 bridgehead atoms. The molecule has 0 aliphatic carbocycles. The zero-order chi connectivity index (χ0) is 57.0. The van der Waals surface area contributed by atoms with Crippen molar-refractivity contribution in [2.24, 2.45) is 0 Å². The number of ether oxygens (including phenoxy) is 2. The summed E-state index contributed by atoms with van der Waals surface area (Å²) in [6.45, 7) is 3.91. The molecule has 0 N–H and O–H groups in total. The first kappa shape index (κ1) is 73.4. The summed E-state index contributed by atoms with van der Waals surface area (Å²) in [7, 11) is 1.10. The van der Waals surface area contributed by atoms with Gasteiger partial charge in [-0.3, -0.25) is 14.2 Å². The Hall–Kier alpha value is -4.63. The Morgan fingerprint density at radius 3 is 1.06 bits per heavy atom. The van der Waals surface area contributed by atoms with Crippen LogP contribution >= 0.6 is 7.82 Å². The van der Waals surface area contributed by atoms with Crippen molar-refractivity contribution >= 4 is 19.8 Å². The summed E-state index contributed by atoms with van der Waals surface area (Å²) in [5.41, 5.74) is 0. The second-order valence-corrected chi connectivity index (χ2v) is 21.7. The number of nitrogens with zero attached hydrogens (tertiary/aromatic N) is 1. The van der Waals surface area contributed by atoms with E-state index in [1.165, 1.54) is 32.1 Å². The number of unbranched alkanes of at least 4 members (excludes halogenated alkanes) is 10. The molecule has 0 aliphatic rings. The van der Waals surface area contributed by atoms with E-state index in [1.54, 1.807) is 0 Å². The van der Waals surface area contributed by atoms with Gasteiger partial charge in [0, 0.05) is 12.8 Å². The van der Waals surface area contributed by atoms with Crippen LogP contribution in [0.1, 0.15) is 194 Å². The normalized spacial score (nSPS) is 14.5. The Kier molecular flexibility index (Phi) is 53.7. The summed E-state index contributed by atoms with van der Waals surface area (Å²) in [5.74, 6) is -0.926. The van der Waals surface area contributed by atoms with Gasteiger partial charge in [0.15, 0.2) is 6.10 Å². The van der Waals surface area contributed by atoms with Crippen LogP contribution in [0.25, 0.3) is 0 Å². The molecule has 10 heteroatoms. The fourth-order valence-corrected chi connectivity index (χ4v) is 7.94. The zero-order valence-corrected chi connectivity index (χ0v) is 50.4. The minimum atomic E-state index is -4.67. The number of hydrogen-bond acceptors (Lipinski definition) is 8. The molecule has 0 saturated heterocycles. The molecule has 0 fully saturated rings. The van der Waals surface area contributed by atoms with E-state index >= 15 is 0 Å². The summed E-state index contributed by atoms with van der Waals surface area (Å²) in [4.78, 5) is 37.9. The van der Waals surface area contributed by atoms with Crippen molar-refractivity contribution in [3.8, 4) is 0 Å². The van der Waals surface area contributed by atoms with Crippen molar-refractivity contribution in [1.29, 1.82) is 0 Å². The summed E-state index contributed by atoms with van der Waals surface area (Å²) < 4.78 is 34.1. The number of esters is 2. The molecule has 438 valence electrons. The maximum atomic E-state index is 12.8. The summed E-state index contributed by atoms with van der Waals surface area (Å²) in [6, 6.07) is 0. The van der Waals surface area contributed by atoms with Crippen molar-refractivity contribution in [2.45, 2.75) is 200 Å². The highest BCUT2D eigenvalue weighted by molar-refractivity contribution is 7.45. The van der Waals surface area contributed by atoms with Gasteiger partial charge in [0.1, 0.15) is 19.8 Å². The van der Waals surface area contributed by atoms with Gasteiger partial charge in [0.05, 0.1) is 27.7 Å². The molecule has 0 saturated carbocycles. The van der Waals surface area contributed by atoms with Gasteiger partial charge in [0.2, 0.25) is 0 Å². The molecule has 0 aromatic carbocycles. The van der Waals surface area contributed by atoms with Crippen LogP contribution in [0.3, 0.4) is 0 Å². The first-order valence-corrected chi connectivity index (χ1v) is 31.3. The Balaban J connectivity index is 4.30. The molecule has 0 aromatic heterocycles. The van der Waals surface area contributed by atoms with Gasteiger partial charge in [-0.25, -0.2) is 0 Å². The molecule has 2 atom stereocenters. The summed E-state index contributed by atoms with van der Waals surface area (Å²) in [5, 5.41) is 0. The van der Waals surface area contributed by atoms with E-state index in [2.05, 4.69) is 178 Å². The van der Waals surface area contributed by atoms with Crippen molar-refractivity contribution in [1.82, 2.24) is 0 Å². The first-order chi connectivity index (χ1) is 38.0. The van der Waals surface area contributed by atoms with Gasteiger partial charge in [-0.05, 0) is 122 Å². The highest BCUT2D eigenvalue weighted by atomic mass is 31.2. The quantitative estimate of drug-likeness (QED) is 0.0195. The van der Waals surface area contributed by atoms with Crippen molar-refractivity contribution in [2.75, 3.05) is 47.5 Å². The minimum absolute atomic E-state index is 0.0516. The largest absolute Gasteiger partial charge is 0.756 e. The molecule has 78 heavy (non-hydrogen) atoms. The maximum Gasteiger partial charge on any atom is 0.306 e. The monoisotopic (exact) mass is 1100 g/mol. The molecule has 0 heterocycles. The number of hydrogen-bond donors (Lipinski definition) is 0. The van der Waals surface area contributed by atoms with Crippen LogP contribution in [-0.4, -0.2) is 70.0 Å². The van der Waals surface area contributed by atoms with Gasteiger partial charge in [-0.2, -0.15) is 0 Å². The number of quaternary nitrogens is 1. The highest BCUT2D eigenvalue weighted by Crippen LogP contribution is 2.38. The molecular formula is C68H108NO8P. The third kappa shape index (κ3) is 60.6. The lowest BCUT2D eigenvalue weighted by atomic mass is 10.1. The van der Waals surface area contributed by atoms with Crippen LogP contribution in [0.5, 0.6) is 0 Å². The third-order valence-corrected chi connectivity index (χ3v) is 12.7. The Labute approximate surface area is 477 Å². The van der Waals surface area contributed by atoms with Gasteiger partial charge in [0.25, 0.3) is 7.82 Å². The SMILES string of the molecule is CC/C=C\C/C=C\C/C=C\C/C=C\C/C=C\C/C=C\C/C=C\CCCCCCCCCCCC(=O)OC(COC(=O)CCC/C=C\C/C=C\C/C=C\C/C=C\C/C=C\C/C=C\C/C=C\CC)COP(=O)([O-])OCC[N+](C)(C)C. The van der Waals surface area contributed by atoms with E-state index in [0.29, 0.717) is 30.3 Å². The molecule has 0 radical (unpaired) electrons. The fourth-order valence-electron chi connectivity index (χ4n) is 7.21. The average Bonchev–Trinajstić information content (AvgIpc) is 3.40. The Bertz CT molecular complexity index is 1920. The first-order valence-electron chi connectivity index (χ1n) is 29.8. The van der Waals surface area contributed by atoms with Crippen LogP contribution in [-0.2, 0) is 32.7 Å². The molecule has 0 aliphatic heterocycles. The van der Waals surface area contributed by atoms with Gasteiger partial charge in [-0.1, -0.05) is 229 Å². The zero-order valence-electron chi connectivity index (χ0n) is 49.5. The number of phosphoric ester groups is 1. The van der Waals surface area contributed by atoms with Crippen molar-refractivity contribution in [3.05, 3.63) is 170 Å². The summed E-state index contributed by atoms with van der Waals surface area (Å²) in [6.07, 6.45) is 86.9. The number of carbonyl (C=O) groups excluding carboxylic acids is 2. The van der Waals surface area contributed by atoms with E-state index in [-0.39, 0.29) is 26.1 Å². The second kappa shape index (κ2) is 57.1. The number of allylic oxidation sites excluding steroid dienone is 28. The number of rotatable bonds is 52. The molecule has 9 nitrogen and oxygen atoms in total. The molecule has 0 spiro atoms. The summed E-state index contributed by atoms with van der Waals surface area (Å²) >= 11 is 0. The standard InChI is InChI=1S/C68H108NO8P/c1-6-8-10-12-14-16-18-20-22-24-26-28-30-31-32-33-34-35-36-37-39-41-43-45-47-49-51-53-55-57-59-61-68(71)77-66(65-76-78(72,73)75-63-62-69(3,4)5)64-74-67(70)60-58-56-54-52-50-48-46-44-42-40-38-29-27-25-23-21-19-17-15-13-11-9-7-2/h8-11,14-17,20-23,26-29,31-32,34-35,37,39-40,42,46,48,52,54,66H,6-7,12-13,18-19,24-25,30,33,36,38,41,43-45,47,49-51,53,55-65H2,1-5H3/b10-8-,11-9-,16-14-,17-15-,22-20-,23-21-,28-26-,29-27-,32-31-,35-34-,39-37-,42-40-,48-46-,54-52-. The lowest BCUT2D eigenvalue weighted by Crippen LogP contribution is -2.37. The van der Waals surface area contributed by atoms with E-state index in [1.807, 2.05) is 27.2 Å². The van der Waals surface area contributed by atoms with E-state index in [0.717, 1.165) is 116 Å². The fraction of sp³-hybridized carbons (Fsp3) is 0.559. The second-order valence-electron chi connectivity index (χ2n) is 20.2. The van der Waals surface area contributed by atoms with E-state index in [4.69, 9.17) is 18.5 Å². The molecule has 0 amide bonds.